The molecule has 2 aromatic carbocycles. The monoisotopic (exact) mass is 346 g/mol. The Bertz CT molecular complexity index is 1000. The molecule has 0 fully saturated rings. The number of nitrogens with one attached hydrogen (secondary N) is 1. The van der Waals surface area contributed by atoms with Gasteiger partial charge in [0, 0.05) is 28.8 Å². The molecule has 124 valence electrons. The van der Waals surface area contributed by atoms with Gasteiger partial charge in [0.25, 0.3) is 0 Å². The molecular weight excluding hydrogens is 331 g/mol. The first-order chi connectivity index (χ1) is 11.4. The number of nitrogens with zero attached hydrogens (tertiary/aromatic N) is 1. The lowest BCUT2D eigenvalue weighted by molar-refractivity contribution is 0.387. The minimum absolute atomic E-state index is 0.115. The van der Waals surface area contributed by atoms with E-state index < -0.39 is 15.5 Å². The second-order valence-electron chi connectivity index (χ2n) is 5.23. The van der Waals surface area contributed by atoms with E-state index in [2.05, 4.69) is 4.98 Å². The molecule has 0 saturated carbocycles. The van der Waals surface area contributed by atoms with Crippen LogP contribution in [0.3, 0.4) is 0 Å². The number of rotatable bonds is 4. The summed E-state index contributed by atoms with van der Waals surface area (Å²) in [6, 6.07) is 10.9. The van der Waals surface area contributed by atoms with Crippen LogP contribution in [0.4, 0.5) is 4.39 Å². The zero-order chi connectivity index (χ0) is 17.3. The zero-order valence-corrected chi connectivity index (χ0v) is 13.9. The highest BCUT2D eigenvalue weighted by Gasteiger charge is 2.11. The first-order valence-corrected chi connectivity index (χ1v) is 8.99. The van der Waals surface area contributed by atoms with Gasteiger partial charge in [0.1, 0.15) is 11.5 Å². The van der Waals surface area contributed by atoms with Crippen LogP contribution in [0.2, 0.25) is 0 Å². The lowest BCUT2D eigenvalue weighted by Crippen LogP contribution is -1.95. The zero-order valence-electron chi connectivity index (χ0n) is 13.1. The van der Waals surface area contributed by atoms with Crippen LogP contribution in [0.1, 0.15) is 0 Å². The highest BCUT2D eigenvalue weighted by molar-refractivity contribution is 7.91. The van der Waals surface area contributed by atoms with E-state index in [1.807, 2.05) is 0 Å². The Hall–Kier alpha value is -2.67. The molecule has 1 atom stereocenters. The Morgan fingerprint density at radius 1 is 1.12 bits per heavy atom. The molecule has 0 amide bonds. The Kier molecular flexibility index (Phi) is 4.11. The number of benzene rings is 2. The second kappa shape index (κ2) is 6.09. The number of hydrogen-bond acceptors (Lipinski definition) is 5. The Morgan fingerprint density at radius 3 is 2.46 bits per heavy atom. The van der Waals surface area contributed by atoms with Gasteiger partial charge >= 0.3 is 0 Å². The third-order valence-electron chi connectivity index (χ3n) is 3.48. The standard InChI is InChI=1S/C17H15FN2O3S/c1-22-17-10-15-13(9-14(17)18)16(7-8-20-15)23-11-3-5-12(6-4-11)24(2,19)21/h3-10,19H,1-2H3/t24-/m0/s1. The van der Waals surface area contributed by atoms with E-state index in [9.17, 15) is 8.60 Å². The summed E-state index contributed by atoms with van der Waals surface area (Å²) < 4.78 is 44.0. The summed E-state index contributed by atoms with van der Waals surface area (Å²) in [4.78, 5) is 4.61. The second-order valence-corrected chi connectivity index (χ2v) is 7.39. The van der Waals surface area contributed by atoms with Crippen LogP contribution in [0.25, 0.3) is 10.9 Å². The van der Waals surface area contributed by atoms with Gasteiger partial charge in [0.05, 0.1) is 22.4 Å². The number of aromatic nitrogens is 1. The fraction of sp³-hybridized carbons (Fsp3) is 0.118. The lowest BCUT2D eigenvalue weighted by Gasteiger charge is -2.10. The Balaban J connectivity index is 1.99. The fourth-order valence-electron chi connectivity index (χ4n) is 2.26. The normalized spacial score (nSPS) is 13.5. The molecule has 0 aliphatic rings. The van der Waals surface area contributed by atoms with E-state index in [1.165, 1.54) is 25.5 Å². The molecule has 0 spiro atoms. The van der Waals surface area contributed by atoms with Crippen molar-refractivity contribution in [3.63, 3.8) is 0 Å². The third kappa shape index (κ3) is 3.16. The van der Waals surface area contributed by atoms with Gasteiger partial charge in [0.2, 0.25) is 0 Å². The number of fused-ring (bicyclic) bond motifs is 1. The first kappa shape index (κ1) is 16.2. The largest absolute Gasteiger partial charge is 0.494 e. The topological polar surface area (TPSA) is 72.3 Å². The number of halogens is 1. The van der Waals surface area contributed by atoms with E-state index in [4.69, 9.17) is 14.3 Å². The molecule has 5 nitrogen and oxygen atoms in total. The fourth-order valence-corrected chi connectivity index (χ4v) is 2.92. The summed E-state index contributed by atoms with van der Waals surface area (Å²) in [7, 11) is -1.38. The Labute approximate surface area is 139 Å². The van der Waals surface area contributed by atoms with Crippen molar-refractivity contribution >= 4 is 20.6 Å². The molecular formula is C17H15FN2O3S. The smallest absolute Gasteiger partial charge is 0.165 e. The van der Waals surface area contributed by atoms with E-state index in [1.54, 1.807) is 36.5 Å². The SMILES string of the molecule is COc1cc2nccc(Oc3ccc([S@@](C)(=N)=O)cc3)c2cc1F. The maximum absolute atomic E-state index is 14.0. The van der Waals surface area contributed by atoms with E-state index in [0.717, 1.165) is 0 Å². The van der Waals surface area contributed by atoms with Gasteiger partial charge in [-0.25, -0.2) is 13.4 Å². The van der Waals surface area contributed by atoms with Crippen LogP contribution < -0.4 is 9.47 Å². The highest BCUT2D eigenvalue weighted by Crippen LogP contribution is 2.32. The van der Waals surface area contributed by atoms with Crippen LogP contribution in [0.15, 0.2) is 53.6 Å². The van der Waals surface area contributed by atoms with Crippen LogP contribution in [-0.4, -0.2) is 22.6 Å². The predicted octanol–water partition coefficient (Wildman–Crippen LogP) is 4.21. The summed E-state index contributed by atoms with van der Waals surface area (Å²) in [5, 5.41) is 0.514. The van der Waals surface area contributed by atoms with Gasteiger partial charge in [-0.15, -0.1) is 0 Å². The number of hydrogen-bond donors (Lipinski definition) is 1. The van der Waals surface area contributed by atoms with Crippen molar-refractivity contribution in [2.24, 2.45) is 0 Å². The molecule has 0 aliphatic carbocycles. The maximum Gasteiger partial charge on any atom is 0.165 e. The van der Waals surface area contributed by atoms with Crippen molar-refractivity contribution < 1.29 is 18.1 Å². The van der Waals surface area contributed by atoms with Gasteiger partial charge < -0.3 is 9.47 Å². The summed E-state index contributed by atoms with van der Waals surface area (Å²) in [6.45, 7) is 0. The van der Waals surface area contributed by atoms with Crippen molar-refractivity contribution in [1.29, 1.82) is 4.78 Å². The molecule has 0 unspecified atom stereocenters. The number of pyridine rings is 1. The molecule has 3 aromatic rings. The third-order valence-corrected chi connectivity index (χ3v) is 4.65. The highest BCUT2D eigenvalue weighted by atomic mass is 32.2. The van der Waals surface area contributed by atoms with Crippen molar-refractivity contribution in [3.05, 3.63) is 54.5 Å². The molecule has 3 rings (SSSR count). The number of ether oxygens (including phenoxy) is 2. The molecule has 1 aromatic heterocycles. The maximum atomic E-state index is 14.0. The van der Waals surface area contributed by atoms with E-state index >= 15 is 0 Å². The van der Waals surface area contributed by atoms with Gasteiger partial charge in [0.15, 0.2) is 11.6 Å². The minimum Gasteiger partial charge on any atom is -0.494 e. The minimum atomic E-state index is -2.77. The van der Waals surface area contributed by atoms with Gasteiger partial charge in [-0.2, -0.15) is 0 Å². The molecule has 0 radical (unpaired) electrons. The molecule has 1 heterocycles. The van der Waals surface area contributed by atoms with Gasteiger partial charge in [-0.1, -0.05) is 0 Å². The molecule has 0 saturated heterocycles. The van der Waals surface area contributed by atoms with E-state index in [-0.39, 0.29) is 5.75 Å². The van der Waals surface area contributed by atoms with Crippen LogP contribution >= 0.6 is 0 Å². The lowest BCUT2D eigenvalue weighted by atomic mass is 10.2. The Morgan fingerprint density at radius 2 is 1.83 bits per heavy atom. The van der Waals surface area contributed by atoms with Crippen LogP contribution in [0.5, 0.6) is 17.2 Å². The molecule has 1 N–H and O–H groups in total. The summed E-state index contributed by atoms with van der Waals surface area (Å²) in [6.07, 6.45) is 2.92. The molecule has 7 heteroatoms. The number of methoxy groups -OCH3 is 1. The van der Waals surface area contributed by atoms with Crippen molar-refractivity contribution in [2.75, 3.05) is 13.4 Å². The van der Waals surface area contributed by atoms with Crippen molar-refractivity contribution in [2.45, 2.75) is 4.90 Å². The summed E-state index contributed by atoms with van der Waals surface area (Å²) in [5.41, 5.74) is 0.546. The summed E-state index contributed by atoms with van der Waals surface area (Å²) >= 11 is 0. The van der Waals surface area contributed by atoms with Gasteiger partial charge in [-0.05, 0) is 36.4 Å². The average Bonchev–Trinajstić information content (AvgIpc) is 2.54. The van der Waals surface area contributed by atoms with Crippen LogP contribution in [-0.2, 0) is 9.73 Å². The predicted molar refractivity (Wildman–Crippen MR) is 89.8 cm³/mol. The van der Waals surface area contributed by atoms with Crippen molar-refractivity contribution in [1.82, 2.24) is 4.98 Å². The van der Waals surface area contributed by atoms with E-state index in [0.29, 0.717) is 27.3 Å². The van der Waals surface area contributed by atoms with Crippen molar-refractivity contribution in [3.8, 4) is 17.2 Å². The molecule has 0 bridgehead atoms. The van der Waals surface area contributed by atoms with Gasteiger partial charge in [-0.3, -0.25) is 4.98 Å². The quantitative estimate of drug-likeness (QED) is 0.768. The average molecular weight is 346 g/mol. The van der Waals surface area contributed by atoms with Crippen LogP contribution in [0, 0.1) is 10.6 Å². The first-order valence-electron chi connectivity index (χ1n) is 7.02. The molecule has 0 aliphatic heterocycles. The molecule has 24 heavy (non-hydrogen) atoms. The summed E-state index contributed by atoms with van der Waals surface area (Å²) in [5.74, 6) is 0.548.